The number of carbonyl (C=O) groups is 1. The molecule has 1 atom stereocenters. The molecule has 0 spiro atoms. The predicted molar refractivity (Wildman–Crippen MR) is 124 cm³/mol. The van der Waals surface area contributed by atoms with Crippen molar-refractivity contribution in [2.45, 2.75) is 5.60 Å². The average molecular weight is 453 g/mol. The highest BCUT2D eigenvalue weighted by molar-refractivity contribution is 6.01. The van der Waals surface area contributed by atoms with E-state index in [0.717, 1.165) is 10.9 Å². The molecule has 3 heterocycles. The van der Waals surface area contributed by atoms with Crippen LogP contribution >= 0.6 is 0 Å². The number of benzene rings is 2. The van der Waals surface area contributed by atoms with Crippen LogP contribution in [0.25, 0.3) is 22.2 Å². The Morgan fingerprint density at radius 2 is 1.82 bits per heavy atom. The minimum atomic E-state index is -2.12. The number of hydrogen-bond donors (Lipinski definition) is 2. The zero-order valence-electron chi connectivity index (χ0n) is 18.0. The summed E-state index contributed by atoms with van der Waals surface area (Å²) >= 11 is 0. The fraction of sp³-hybridized carbons (Fsp3) is 0.0800. The Morgan fingerprint density at radius 3 is 2.59 bits per heavy atom. The maximum absolute atomic E-state index is 13.5. The maximum Gasteiger partial charge on any atom is 0.268 e. The number of methoxy groups -OCH3 is 1. The van der Waals surface area contributed by atoms with Crippen LogP contribution in [-0.4, -0.2) is 38.5 Å². The van der Waals surface area contributed by atoms with E-state index in [1.807, 2.05) is 24.3 Å². The van der Waals surface area contributed by atoms with Crippen LogP contribution < -0.4 is 10.1 Å². The lowest BCUT2D eigenvalue weighted by atomic mass is 9.89. The number of anilines is 1. The highest BCUT2D eigenvalue weighted by atomic mass is 16.5. The SMILES string of the molecule is COc1ccc(-c2cnnc3ccccc23)nc1NC(=O)[C@](O)(c1ccccc1)c1ccon1. The van der Waals surface area contributed by atoms with Gasteiger partial charge in [0.25, 0.3) is 5.91 Å². The van der Waals surface area contributed by atoms with Crippen molar-refractivity contribution in [2.75, 3.05) is 12.4 Å². The highest BCUT2D eigenvalue weighted by Crippen LogP contribution is 2.34. The quantitative estimate of drug-likeness (QED) is 0.400. The van der Waals surface area contributed by atoms with Crippen LogP contribution in [0.1, 0.15) is 11.3 Å². The number of aromatic nitrogens is 4. The zero-order chi connectivity index (χ0) is 23.5. The lowest BCUT2D eigenvalue weighted by Gasteiger charge is -2.25. The fourth-order valence-electron chi connectivity index (χ4n) is 3.73. The normalized spacial score (nSPS) is 12.8. The largest absolute Gasteiger partial charge is 0.493 e. The molecular formula is C25H19N5O4. The predicted octanol–water partition coefficient (Wildman–Crippen LogP) is 3.56. The lowest BCUT2D eigenvalue weighted by molar-refractivity contribution is -0.131. The van der Waals surface area contributed by atoms with Crippen LogP contribution in [0.4, 0.5) is 5.82 Å². The molecule has 0 bridgehead atoms. The third kappa shape index (κ3) is 3.63. The second kappa shape index (κ2) is 8.72. The molecular weight excluding hydrogens is 434 g/mol. The molecule has 2 aromatic carbocycles. The van der Waals surface area contributed by atoms with Gasteiger partial charge in [0.05, 0.1) is 24.5 Å². The molecule has 0 aliphatic heterocycles. The van der Waals surface area contributed by atoms with Crippen LogP contribution in [-0.2, 0) is 10.4 Å². The second-order valence-corrected chi connectivity index (χ2v) is 7.44. The van der Waals surface area contributed by atoms with Crippen LogP contribution in [0.3, 0.4) is 0 Å². The monoisotopic (exact) mass is 453 g/mol. The first-order valence-corrected chi connectivity index (χ1v) is 10.4. The van der Waals surface area contributed by atoms with Crippen molar-refractivity contribution in [3.63, 3.8) is 0 Å². The van der Waals surface area contributed by atoms with Crippen molar-refractivity contribution in [3.05, 3.63) is 96.5 Å². The number of carbonyl (C=O) groups excluding carboxylic acids is 1. The molecule has 9 nitrogen and oxygen atoms in total. The Morgan fingerprint density at radius 1 is 1.03 bits per heavy atom. The zero-order valence-corrected chi connectivity index (χ0v) is 18.0. The lowest BCUT2D eigenvalue weighted by Crippen LogP contribution is -2.42. The van der Waals surface area contributed by atoms with Gasteiger partial charge in [-0.05, 0) is 23.8 Å². The minimum absolute atomic E-state index is 0.0376. The van der Waals surface area contributed by atoms with Gasteiger partial charge in [0.2, 0.25) is 5.60 Å². The van der Waals surface area contributed by atoms with Gasteiger partial charge in [0.15, 0.2) is 11.6 Å². The molecule has 0 aliphatic carbocycles. The number of rotatable bonds is 6. The molecule has 5 aromatic rings. The molecule has 0 saturated carbocycles. The molecule has 1 amide bonds. The van der Waals surface area contributed by atoms with Gasteiger partial charge in [-0.2, -0.15) is 10.2 Å². The molecule has 0 unspecified atom stereocenters. The van der Waals surface area contributed by atoms with E-state index in [1.54, 1.807) is 48.7 Å². The summed E-state index contributed by atoms with van der Waals surface area (Å²) in [4.78, 5) is 18.1. The molecule has 3 aromatic heterocycles. The molecule has 5 rings (SSSR count). The van der Waals surface area contributed by atoms with Crippen molar-refractivity contribution in [2.24, 2.45) is 0 Å². The first kappa shape index (κ1) is 21.2. The van der Waals surface area contributed by atoms with E-state index in [2.05, 4.69) is 25.7 Å². The van der Waals surface area contributed by atoms with Gasteiger partial charge in [-0.3, -0.25) is 4.79 Å². The van der Waals surface area contributed by atoms with Gasteiger partial charge >= 0.3 is 0 Å². The third-order valence-corrected chi connectivity index (χ3v) is 5.46. The van der Waals surface area contributed by atoms with Gasteiger partial charge in [-0.1, -0.05) is 53.7 Å². The molecule has 2 N–H and O–H groups in total. The Balaban J connectivity index is 1.58. The van der Waals surface area contributed by atoms with Crippen molar-refractivity contribution < 1.29 is 19.2 Å². The second-order valence-electron chi connectivity index (χ2n) is 7.44. The first-order valence-electron chi connectivity index (χ1n) is 10.4. The van der Waals surface area contributed by atoms with Crippen molar-refractivity contribution in [1.29, 1.82) is 0 Å². The van der Waals surface area contributed by atoms with E-state index in [9.17, 15) is 9.90 Å². The van der Waals surface area contributed by atoms with Gasteiger partial charge in [0.1, 0.15) is 12.0 Å². The number of aliphatic hydroxyl groups is 1. The Hall–Kier alpha value is -4.63. The summed E-state index contributed by atoms with van der Waals surface area (Å²) in [7, 11) is 1.47. The van der Waals surface area contributed by atoms with E-state index >= 15 is 0 Å². The average Bonchev–Trinajstić information content (AvgIpc) is 3.44. The topological polar surface area (TPSA) is 123 Å². The molecule has 0 aliphatic rings. The number of hydrogen-bond acceptors (Lipinski definition) is 8. The van der Waals surface area contributed by atoms with Gasteiger partial charge < -0.3 is 19.7 Å². The number of nitrogens with zero attached hydrogens (tertiary/aromatic N) is 4. The summed E-state index contributed by atoms with van der Waals surface area (Å²) < 4.78 is 10.3. The Labute approximate surface area is 194 Å². The molecule has 168 valence electrons. The van der Waals surface area contributed by atoms with E-state index in [1.165, 1.54) is 19.4 Å². The maximum atomic E-state index is 13.5. The highest BCUT2D eigenvalue weighted by Gasteiger charge is 2.43. The smallest absolute Gasteiger partial charge is 0.268 e. The molecule has 0 saturated heterocycles. The van der Waals surface area contributed by atoms with Crippen LogP contribution in [0.2, 0.25) is 0 Å². The summed E-state index contributed by atoms with van der Waals surface area (Å²) in [6.07, 6.45) is 2.90. The summed E-state index contributed by atoms with van der Waals surface area (Å²) in [6.45, 7) is 0. The summed E-state index contributed by atoms with van der Waals surface area (Å²) in [5.41, 5.74) is 0.233. The number of pyridine rings is 1. The number of amides is 1. The van der Waals surface area contributed by atoms with E-state index in [4.69, 9.17) is 9.26 Å². The van der Waals surface area contributed by atoms with Gasteiger partial charge in [0, 0.05) is 17.0 Å². The fourth-order valence-corrected chi connectivity index (χ4v) is 3.73. The van der Waals surface area contributed by atoms with Crippen molar-refractivity contribution >= 4 is 22.6 Å². The number of fused-ring (bicyclic) bond motifs is 1. The van der Waals surface area contributed by atoms with Gasteiger partial charge in [-0.25, -0.2) is 4.98 Å². The van der Waals surface area contributed by atoms with E-state index < -0.39 is 11.5 Å². The first-order chi connectivity index (χ1) is 16.6. The summed E-state index contributed by atoms with van der Waals surface area (Å²) in [6, 6.07) is 20.9. The van der Waals surface area contributed by atoms with E-state index in [0.29, 0.717) is 22.5 Å². The van der Waals surface area contributed by atoms with Crippen LogP contribution in [0.15, 0.2) is 89.8 Å². The van der Waals surface area contributed by atoms with Gasteiger partial charge in [-0.15, -0.1) is 0 Å². The van der Waals surface area contributed by atoms with Crippen molar-refractivity contribution in [1.82, 2.24) is 20.3 Å². The standard InChI is InChI=1S/C25H19N5O4/c1-33-21-12-11-19(18-15-26-29-20-10-6-5-9-17(18)20)27-23(21)28-24(31)25(32,22-13-14-34-30-22)16-7-3-2-4-8-16/h2-15,32H,1H3,(H,27,28,31)/t25-/m0/s1. The van der Waals surface area contributed by atoms with Crippen LogP contribution in [0, 0.1) is 0 Å². The number of nitrogens with one attached hydrogen (secondary N) is 1. The summed E-state index contributed by atoms with van der Waals surface area (Å²) in [5, 5.41) is 27.1. The van der Waals surface area contributed by atoms with E-state index in [-0.39, 0.29) is 11.5 Å². The minimum Gasteiger partial charge on any atom is -0.493 e. The number of ether oxygens (including phenoxy) is 1. The molecule has 0 radical (unpaired) electrons. The molecule has 0 fully saturated rings. The van der Waals surface area contributed by atoms with Crippen LogP contribution in [0.5, 0.6) is 5.75 Å². The Kier molecular flexibility index (Phi) is 5.44. The Bertz CT molecular complexity index is 1450. The molecule has 9 heteroatoms. The molecule has 34 heavy (non-hydrogen) atoms. The summed E-state index contributed by atoms with van der Waals surface area (Å²) in [5.74, 6) is -0.323. The third-order valence-electron chi connectivity index (χ3n) is 5.46. The van der Waals surface area contributed by atoms with Crippen molar-refractivity contribution in [3.8, 4) is 17.0 Å².